The summed E-state index contributed by atoms with van der Waals surface area (Å²) in [6.07, 6.45) is 0.456. The molecule has 2 aromatic rings. The van der Waals surface area contributed by atoms with Crippen molar-refractivity contribution in [2.75, 3.05) is 7.05 Å². The van der Waals surface area contributed by atoms with Crippen LogP contribution in [-0.2, 0) is 17.8 Å². The van der Waals surface area contributed by atoms with E-state index in [1.807, 2.05) is 48.5 Å². The van der Waals surface area contributed by atoms with Gasteiger partial charge in [-0.3, -0.25) is 4.79 Å². The summed E-state index contributed by atoms with van der Waals surface area (Å²) in [5.41, 5.74) is 7.01. The van der Waals surface area contributed by atoms with Gasteiger partial charge in [-0.05, 0) is 37.1 Å². The van der Waals surface area contributed by atoms with Crippen LogP contribution < -0.4 is 15.8 Å². The van der Waals surface area contributed by atoms with Crippen molar-refractivity contribution in [3.8, 4) is 5.75 Å². The van der Waals surface area contributed by atoms with Gasteiger partial charge >= 0.3 is 0 Å². The Morgan fingerprint density at radius 3 is 2.48 bits per heavy atom. The number of amides is 1. The van der Waals surface area contributed by atoms with Gasteiger partial charge in [-0.1, -0.05) is 41.9 Å². The molecule has 0 fully saturated rings. The molecule has 4 nitrogen and oxygen atoms in total. The van der Waals surface area contributed by atoms with Crippen molar-refractivity contribution in [3.63, 3.8) is 0 Å². The minimum atomic E-state index is -0.936. The number of nitrogens with two attached hydrogens (primary N) is 1. The molecule has 122 valence electrons. The molecular formula is C18H21ClN2O2. The third-order valence-corrected chi connectivity index (χ3v) is 3.96. The summed E-state index contributed by atoms with van der Waals surface area (Å²) >= 11 is 6.10. The van der Waals surface area contributed by atoms with Crippen LogP contribution in [0.2, 0.25) is 5.02 Å². The van der Waals surface area contributed by atoms with E-state index in [9.17, 15) is 4.79 Å². The third kappa shape index (κ3) is 4.71. The van der Waals surface area contributed by atoms with E-state index in [4.69, 9.17) is 22.1 Å². The summed E-state index contributed by atoms with van der Waals surface area (Å²) in [5, 5.41) is 3.27. The molecule has 3 N–H and O–H groups in total. The largest absolute Gasteiger partial charge is 0.489 e. The van der Waals surface area contributed by atoms with E-state index in [1.165, 1.54) is 0 Å². The number of rotatable bonds is 6. The second-order valence-corrected chi connectivity index (χ2v) is 6.10. The van der Waals surface area contributed by atoms with Gasteiger partial charge in [-0.15, -0.1) is 0 Å². The lowest BCUT2D eigenvalue weighted by molar-refractivity contribution is -0.125. The highest BCUT2D eigenvalue weighted by Gasteiger charge is 2.27. The molecule has 0 aliphatic carbocycles. The van der Waals surface area contributed by atoms with Crippen molar-refractivity contribution in [2.45, 2.75) is 25.5 Å². The van der Waals surface area contributed by atoms with Gasteiger partial charge < -0.3 is 15.8 Å². The van der Waals surface area contributed by atoms with Crippen LogP contribution in [0, 0.1) is 0 Å². The zero-order valence-electron chi connectivity index (χ0n) is 13.3. The molecule has 0 saturated heterocycles. The SMILES string of the molecule is CNC(=O)[C@@](C)(N)Cc1ccc(OCc2ccccc2Cl)cc1. The van der Waals surface area contributed by atoms with Crippen molar-refractivity contribution < 1.29 is 9.53 Å². The Balaban J connectivity index is 1.97. The molecule has 0 heterocycles. The van der Waals surface area contributed by atoms with Crippen LogP contribution in [0.1, 0.15) is 18.1 Å². The molecular weight excluding hydrogens is 312 g/mol. The van der Waals surface area contributed by atoms with Crippen LogP contribution in [-0.4, -0.2) is 18.5 Å². The molecule has 5 heteroatoms. The van der Waals surface area contributed by atoms with Crippen LogP contribution >= 0.6 is 11.6 Å². The number of nitrogens with one attached hydrogen (secondary N) is 1. The first-order valence-electron chi connectivity index (χ1n) is 7.38. The lowest BCUT2D eigenvalue weighted by Crippen LogP contribution is -2.52. The standard InChI is InChI=1S/C18H21ClN2O2/c1-18(20,17(22)21-2)11-13-7-9-15(10-8-13)23-12-14-5-3-4-6-16(14)19/h3-10H,11-12,20H2,1-2H3,(H,21,22)/t18-/m0/s1. The fourth-order valence-corrected chi connectivity index (χ4v) is 2.46. The first kappa shape index (κ1) is 17.3. The summed E-state index contributed by atoms with van der Waals surface area (Å²) in [5.74, 6) is 0.559. The topological polar surface area (TPSA) is 64.4 Å². The highest BCUT2D eigenvalue weighted by Crippen LogP contribution is 2.20. The molecule has 0 bridgehead atoms. The van der Waals surface area contributed by atoms with Gasteiger partial charge in [0.1, 0.15) is 12.4 Å². The van der Waals surface area contributed by atoms with E-state index in [1.54, 1.807) is 14.0 Å². The van der Waals surface area contributed by atoms with Gasteiger partial charge in [-0.2, -0.15) is 0 Å². The number of carbonyl (C=O) groups is 1. The van der Waals surface area contributed by atoms with E-state index >= 15 is 0 Å². The number of ether oxygens (including phenoxy) is 1. The predicted molar refractivity (Wildman–Crippen MR) is 92.6 cm³/mol. The molecule has 0 radical (unpaired) electrons. The maximum atomic E-state index is 11.7. The summed E-state index contributed by atoms with van der Waals surface area (Å²) in [4.78, 5) is 11.7. The van der Waals surface area contributed by atoms with Gasteiger partial charge in [0, 0.05) is 17.6 Å². The Bertz CT molecular complexity index is 669. The molecule has 0 saturated carbocycles. The highest BCUT2D eigenvalue weighted by molar-refractivity contribution is 6.31. The lowest BCUT2D eigenvalue weighted by atomic mass is 9.93. The lowest BCUT2D eigenvalue weighted by Gasteiger charge is -2.22. The Hall–Kier alpha value is -2.04. The third-order valence-electron chi connectivity index (χ3n) is 3.59. The molecule has 1 atom stereocenters. The van der Waals surface area contributed by atoms with E-state index in [-0.39, 0.29) is 5.91 Å². The Labute approximate surface area is 141 Å². The van der Waals surface area contributed by atoms with Crippen molar-refractivity contribution >= 4 is 17.5 Å². The molecule has 0 aliphatic heterocycles. The molecule has 0 unspecified atom stereocenters. The van der Waals surface area contributed by atoms with Gasteiger partial charge in [0.25, 0.3) is 0 Å². The number of halogens is 1. The molecule has 23 heavy (non-hydrogen) atoms. The molecule has 2 rings (SSSR count). The molecule has 1 amide bonds. The maximum absolute atomic E-state index is 11.7. The first-order chi connectivity index (χ1) is 10.9. The van der Waals surface area contributed by atoms with Crippen LogP contribution in [0.5, 0.6) is 5.75 Å². The molecule has 0 aromatic heterocycles. The average Bonchev–Trinajstić information content (AvgIpc) is 2.54. The minimum Gasteiger partial charge on any atom is -0.489 e. The van der Waals surface area contributed by atoms with E-state index in [0.717, 1.165) is 16.9 Å². The highest BCUT2D eigenvalue weighted by atomic mass is 35.5. The van der Waals surface area contributed by atoms with E-state index < -0.39 is 5.54 Å². The average molecular weight is 333 g/mol. The second kappa shape index (κ2) is 7.49. The fourth-order valence-electron chi connectivity index (χ4n) is 2.27. The summed E-state index contributed by atoms with van der Waals surface area (Å²) in [6, 6.07) is 15.1. The van der Waals surface area contributed by atoms with Crippen molar-refractivity contribution in [1.29, 1.82) is 0 Å². The summed E-state index contributed by atoms with van der Waals surface area (Å²) in [6.45, 7) is 2.12. The predicted octanol–water partition coefficient (Wildman–Crippen LogP) is 2.92. The zero-order chi connectivity index (χ0) is 16.9. The smallest absolute Gasteiger partial charge is 0.239 e. The second-order valence-electron chi connectivity index (χ2n) is 5.70. The minimum absolute atomic E-state index is 0.184. The van der Waals surface area contributed by atoms with Crippen LogP contribution in [0.15, 0.2) is 48.5 Å². The van der Waals surface area contributed by atoms with Crippen molar-refractivity contribution in [3.05, 3.63) is 64.7 Å². The number of carbonyl (C=O) groups excluding carboxylic acids is 1. The van der Waals surface area contributed by atoms with Crippen molar-refractivity contribution in [1.82, 2.24) is 5.32 Å². The summed E-state index contributed by atoms with van der Waals surface area (Å²) < 4.78 is 5.73. The van der Waals surface area contributed by atoms with E-state index in [2.05, 4.69) is 5.32 Å². The van der Waals surface area contributed by atoms with Gasteiger partial charge in [0.2, 0.25) is 5.91 Å². The van der Waals surface area contributed by atoms with Crippen LogP contribution in [0.4, 0.5) is 0 Å². The Morgan fingerprint density at radius 1 is 1.22 bits per heavy atom. The monoisotopic (exact) mass is 332 g/mol. The Morgan fingerprint density at radius 2 is 1.87 bits per heavy atom. The number of hydrogen-bond donors (Lipinski definition) is 2. The molecule has 2 aromatic carbocycles. The Kier molecular flexibility index (Phi) is 5.64. The molecule has 0 spiro atoms. The van der Waals surface area contributed by atoms with Crippen LogP contribution in [0.25, 0.3) is 0 Å². The quantitative estimate of drug-likeness (QED) is 0.854. The number of hydrogen-bond acceptors (Lipinski definition) is 3. The first-order valence-corrected chi connectivity index (χ1v) is 7.76. The van der Waals surface area contributed by atoms with E-state index in [0.29, 0.717) is 18.1 Å². The maximum Gasteiger partial charge on any atom is 0.239 e. The number of likely N-dealkylation sites (N-methyl/N-ethyl adjacent to an activating group) is 1. The van der Waals surface area contributed by atoms with Crippen LogP contribution in [0.3, 0.4) is 0 Å². The fraction of sp³-hybridized carbons (Fsp3) is 0.278. The van der Waals surface area contributed by atoms with Gasteiger partial charge in [0.05, 0.1) is 5.54 Å². The summed E-state index contributed by atoms with van der Waals surface area (Å²) in [7, 11) is 1.58. The van der Waals surface area contributed by atoms with Gasteiger partial charge in [-0.25, -0.2) is 0 Å². The normalized spacial score (nSPS) is 13.2. The van der Waals surface area contributed by atoms with Gasteiger partial charge in [0.15, 0.2) is 0 Å². The van der Waals surface area contributed by atoms with Crippen molar-refractivity contribution in [2.24, 2.45) is 5.73 Å². The zero-order valence-corrected chi connectivity index (χ0v) is 14.1. The number of benzene rings is 2. The molecule has 0 aliphatic rings.